The largest absolute Gasteiger partial charge is 0.497 e. The highest BCUT2D eigenvalue weighted by Crippen LogP contribution is 2.17. The molecule has 0 bridgehead atoms. The van der Waals surface area contributed by atoms with Crippen molar-refractivity contribution in [3.05, 3.63) is 65.2 Å². The lowest BCUT2D eigenvalue weighted by molar-refractivity contribution is -0.148. The molecule has 1 N–H and O–H groups in total. The normalized spacial score (nSPS) is 11.8. The second kappa shape index (κ2) is 8.85. The molecule has 0 aliphatic heterocycles. The first-order chi connectivity index (χ1) is 12.4. The first kappa shape index (κ1) is 19.2. The maximum Gasteiger partial charge on any atom is 0.331 e. The van der Waals surface area contributed by atoms with Gasteiger partial charge in [-0.1, -0.05) is 24.3 Å². The lowest BCUT2D eigenvalue weighted by atomic mass is 10.1. The van der Waals surface area contributed by atoms with Crippen LogP contribution in [0.2, 0.25) is 0 Å². The Morgan fingerprint density at radius 2 is 1.77 bits per heavy atom. The van der Waals surface area contributed by atoms with E-state index in [0.717, 1.165) is 22.4 Å². The fourth-order valence-corrected chi connectivity index (χ4v) is 2.25. The molecule has 0 radical (unpaired) electrons. The summed E-state index contributed by atoms with van der Waals surface area (Å²) in [4.78, 5) is 24.1. The summed E-state index contributed by atoms with van der Waals surface area (Å²) < 4.78 is 10.2. The van der Waals surface area contributed by atoms with Gasteiger partial charge in [-0.3, -0.25) is 4.79 Å². The molecule has 5 nitrogen and oxygen atoms in total. The number of amides is 1. The van der Waals surface area contributed by atoms with Crippen molar-refractivity contribution in [2.24, 2.45) is 0 Å². The van der Waals surface area contributed by atoms with Crippen LogP contribution in [0.3, 0.4) is 0 Å². The van der Waals surface area contributed by atoms with E-state index in [1.165, 1.54) is 6.08 Å². The first-order valence-corrected chi connectivity index (χ1v) is 8.30. The number of benzene rings is 2. The molecule has 5 heteroatoms. The Kier molecular flexibility index (Phi) is 6.55. The predicted molar refractivity (Wildman–Crippen MR) is 102 cm³/mol. The standard InChI is InChI=1S/C21H23NO4/c1-14-5-6-15(2)19(13-14)22-21(24)16(3)26-20(23)12-9-17-7-10-18(25-4)11-8-17/h5-13,16H,1-4H3,(H,22,24)/b12-9+/t16-/m0/s1. The lowest BCUT2D eigenvalue weighted by Gasteiger charge is -2.14. The molecule has 0 aliphatic rings. The van der Waals surface area contributed by atoms with Gasteiger partial charge in [-0.15, -0.1) is 0 Å². The third-order valence-electron chi connectivity index (χ3n) is 3.84. The average Bonchev–Trinajstić information content (AvgIpc) is 2.63. The zero-order valence-corrected chi connectivity index (χ0v) is 15.4. The predicted octanol–water partition coefficient (Wildman–Crippen LogP) is 3.90. The number of hydrogen-bond donors (Lipinski definition) is 1. The highest BCUT2D eigenvalue weighted by Gasteiger charge is 2.17. The molecule has 0 aliphatic carbocycles. The molecule has 0 heterocycles. The van der Waals surface area contributed by atoms with Gasteiger partial charge in [-0.05, 0) is 61.7 Å². The van der Waals surface area contributed by atoms with Crippen molar-refractivity contribution in [2.45, 2.75) is 26.9 Å². The zero-order valence-electron chi connectivity index (χ0n) is 15.4. The molecule has 0 unspecified atom stereocenters. The average molecular weight is 353 g/mol. The van der Waals surface area contributed by atoms with Crippen LogP contribution < -0.4 is 10.1 Å². The van der Waals surface area contributed by atoms with Crippen molar-refractivity contribution < 1.29 is 19.1 Å². The maximum absolute atomic E-state index is 12.2. The smallest absolute Gasteiger partial charge is 0.331 e. The Balaban J connectivity index is 1.91. The monoisotopic (exact) mass is 353 g/mol. The molecule has 0 aromatic heterocycles. The zero-order chi connectivity index (χ0) is 19.1. The third kappa shape index (κ3) is 5.48. The number of hydrogen-bond acceptors (Lipinski definition) is 4. The number of esters is 1. The molecule has 0 saturated carbocycles. The fourth-order valence-electron chi connectivity index (χ4n) is 2.25. The first-order valence-electron chi connectivity index (χ1n) is 8.30. The van der Waals surface area contributed by atoms with Gasteiger partial charge in [0.1, 0.15) is 5.75 Å². The maximum atomic E-state index is 12.2. The third-order valence-corrected chi connectivity index (χ3v) is 3.84. The topological polar surface area (TPSA) is 64.6 Å². The van der Waals surface area contributed by atoms with Gasteiger partial charge in [0.25, 0.3) is 5.91 Å². The molecule has 1 amide bonds. The summed E-state index contributed by atoms with van der Waals surface area (Å²) in [5.74, 6) is -0.212. The van der Waals surface area contributed by atoms with Crippen LogP contribution in [0.5, 0.6) is 5.75 Å². The van der Waals surface area contributed by atoms with Crippen LogP contribution >= 0.6 is 0 Å². The Bertz CT molecular complexity index is 809. The van der Waals surface area contributed by atoms with Crippen LogP contribution in [0.4, 0.5) is 5.69 Å². The van der Waals surface area contributed by atoms with Crippen LogP contribution in [0, 0.1) is 13.8 Å². The number of nitrogens with one attached hydrogen (secondary N) is 1. The molecule has 2 aromatic carbocycles. The van der Waals surface area contributed by atoms with Gasteiger partial charge in [0.15, 0.2) is 6.10 Å². The highest BCUT2D eigenvalue weighted by molar-refractivity contribution is 5.97. The van der Waals surface area contributed by atoms with Crippen LogP contribution in [0.15, 0.2) is 48.5 Å². The van der Waals surface area contributed by atoms with E-state index in [4.69, 9.17) is 9.47 Å². The van der Waals surface area contributed by atoms with Gasteiger partial charge < -0.3 is 14.8 Å². The van der Waals surface area contributed by atoms with Gasteiger partial charge >= 0.3 is 5.97 Å². The fraction of sp³-hybridized carbons (Fsp3) is 0.238. The van der Waals surface area contributed by atoms with Crippen molar-refractivity contribution in [2.75, 3.05) is 12.4 Å². The summed E-state index contributed by atoms with van der Waals surface area (Å²) in [6.45, 7) is 5.39. The molecule has 2 rings (SSSR count). The second-order valence-electron chi connectivity index (χ2n) is 5.99. The van der Waals surface area contributed by atoms with Gasteiger partial charge in [0.05, 0.1) is 7.11 Å². The molecule has 0 saturated heterocycles. The summed E-state index contributed by atoms with van der Waals surface area (Å²) in [6, 6.07) is 13.0. The van der Waals surface area contributed by atoms with Crippen molar-refractivity contribution in [1.29, 1.82) is 0 Å². The quantitative estimate of drug-likeness (QED) is 0.632. The Hall–Kier alpha value is -3.08. The molecule has 0 spiro atoms. The molecular formula is C21H23NO4. The minimum Gasteiger partial charge on any atom is -0.497 e. The molecular weight excluding hydrogens is 330 g/mol. The molecule has 26 heavy (non-hydrogen) atoms. The van der Waals surface area contributed by atoms with Crippen molar-refractivity contribution in [3.63, 3.8) is 0 Å². The highest BCUT2D eigenvalue weighted by atomic mass is 16.5. The summed E-state index contributed by atoms with van der Waals surface area (Å²) in [6.07, 6.45) is 2.02. The number of ether oxygens (including phenoxy) is 2. The van der Waals surface area contributed by atoms with E-state index in [1.807, 2.05) is 44.2 Å². The summed E-state index contributed by atoms with van der Waals surface area (Å²) in [5, 5.41) is 2.79. The minimum atomic E-state index is -0.900. The van der Waals surface area contributed by atoms with Gasteiger partial charge in [0, 0.05) is 11.8 Å². The van der Waals surface area contributed by atoms with E-state index in [9.17, 15) is 9.59 Å². The number of methoxy groups -OCH3 is 1. The Morgan fingerprint density at radius 3 is 2.42 bits per heavy atom. The van der Waals surface area contributed by atoms with E-state index in [-0.39, 0.29) is 5.91 Å². The molecule has 0 fully saturated rings. The van der Waals surface area contributed by atoms with Crippen LogP contribution in [0.1, 0.15) is 23.6 Å². The van der Waals surface area contributed by atoms with Crippen molar-refractivity contribution in [1.82, 2.24) is 0 Å². The van der Waals surface area contributed by atoms with Crippen molar-refractivity contribution >= 4 is 23.6 Å². The number of carbonyl (C=O) groups is 2. The van der Waals surface area contributed by atoms with E-state index in [0.29, 0.717) is 5.69 Å². The Labute approximate surface area is 153 Å². The summed E-state index contributed by atoms with van der Waals surface area (Å²) in [5.41, 5.74) is 3.53. The van der Waals surface area contributed by atoms with Gasteiger partial charge in [-0.25, -0.2) is 4.79 Å². The van der Waals surface area contributed by atoms with E-state index < -0.39 is 12.1 Å². The molecule has 2 aromatic rings. The second-order valence-corrected chi connectivity index (χ2v) is 5.99. The summed E-state index contributed by atoms with van der Waals surface area (Å²) >= 11 is 0. The van der Waals surface area contributed by atoms with E-state index >= 15 is 0 Å². The van der Waals surface area contributed by atoms with Crippen LogP contribution in [-0.2, 0) is 14.3 Å². The number of rotatable bonds is 6. The SMILES string of the molecule is COc1ccc(/C=C/C(=O)O[C@@H](C)C(=O)Nc2cc(C)ccc2C)cc1. The summed E-state index contributed by atoms with van der Waals surface area (Å²) in [7, 11) is 1.59. The van der Waals surface area contributed by atoms with Gasteiger partial charge in [-0.2, -0.15) is 0 Å². The lowest BCUT2D eigenvalue weighted by Crippen LogP contribution is -2.29. The minimum absolute atomic E-state index is 0.370. The molecule has 136 valence electrons. The van der Waals surface area contributed by atoms with Crippen molar-refractivity contribution in [3.8, 4) is 5.75 Å². The van der Waals surface area contributed by atoms with E-state index in [1.54, 1.807) is 32.2 Å². The van der Waals surface area contributed by atoms with Crippen LogP contribution in [-0.4, -0.2) is 25.1 Å². The molecule has 1 atom stereocenters. The van der Waals surface area contributed by atoms with E-state index in [2.05, 4.69) is 5.32 Å². The van der Waals surface area contributed by atoms with Crippen LogP contribution in [0.25, 0.3) is 6.08 Å². The number of carbonyl (C=O) groups excluding carboxylic acids is 2. The van der Waals surface area contributed by atoms with Gasteiger partial charge in [0.2, 0.25) is 0 Å². The number of aryl methyl sites for hydroxylation is 2. The number of anilines is 1. The Morgan fingerprint density at radius 1 is 1.08 bits per heavy atom.